The van der Waals surface area contributed by atoms with Gasteiger partial charge in [-0.3, -0.25) is 20.2 Å². The van der Waals surface area contributed by atoms with Gasteiger partial charge in [0.05, 0.1) is 17.7 Å². The number of non-ortho nitro benzene ring substituents is 1. The third-order valence-corrected chi connectivity index (χ3v) is 4.71. The quantitative estimate of drug-likeness (QED) is 0.270. The molecule has 11 heteroatoms. The maximum absolute atomic E-state index is 12.3. The van der Waals surface area contributed by atoms with Crippen molar-refractivity contribution in [1.29, 1.82) is 0 Å². The van der Waals surface area contributed by atoms with Gasteiger partial charge in [-0.25, -0.2) is 0 Å². The molecule has 1 aromatic heterocycles. The fourth-order valence-corrected chi connectivity index (χ4v) is 3.11. The number of rotatable bonds is 5. The Morgan fingerprint density at radius 2 is 1.72 bits per heavy atom. The van der Waals surface area contributed by atoms with Crippen LogP contribution in [0.4, 0.5) is 11.4 Å². The number of aromatic nitrogens is 3. The van der Waals surface area contributed by atoms with E-state index < -0.39 is 10.8 Å². The Labute approximate surface area is 187 Å². The molecule has 0 radical (unpaired) electrons. The molecule has 10 nitrogen and oxygen atoms in total. The van der Waals surface area contributed by atoms with E-state index in [1.54, 1.807) is 25.3 Å². The first-order chi connectivity index (χ1) is 15.4. The molecule has 0 aliphatic carbocycles. The van der Waals surface area contributed by atoms with Crippen LogP contribution in [0, 0.1) is 10.1 Å². The van der Waals surface area contributed by atoms with Crippen molar-refractivity contribution >= 4 is 45.6 Å². The number of carbonyl (C=O) groups excluding carboxylic acids is 1. The summed E-state index contributed by atoms with van der Waals surface area (Å²) in [6.07, 6.45) is 0. The lowest BCUT2D eigenvalue weighted by Crippen LogP contribution is -2.34. The zero-order valence-electron chi connectivity index (χ0n) is 16.7. The molecule has 0 unspecified atom stereocenters. The summed E-state index contributed by atoms with van der Waals surface area (Å²) in [6, 6.07) is 17.9. The Kier molecular flexibility index (Phi) is 5.73. The largest absolute Gasteiger partial charge is 0.497 e. The number of carbonyl (C=O) groups is 1. The van der Waals surface area contributed by atoms with Gasteiger partial charge in [0.1, 0.15) is 16.8 Å². The van der Waals surface area contributed by atoms with Gasteiger partial charge in [-0.05, 0) is 66.8 Å². The normalized spacial score (nSPS) is 10.5. The Hall–Kier alpha value is -4.38. The fourth-order valence-electron chi connectivity index (χ4n) is 2.90. The highest BCUT2D eigenvalue weighted by Gasteiger charge is 2.12. The van der Waals surface area contributed by atoms with Crippen molar-refractivity contribution in [1.82, 2.24) is 20.3 Å². The highest BCUT2D eigenvalue weighted by atomic mass is 32.1. The summed E-state index contributed by atoms with van der Waals surface area (Å²) < 4.78 is 5.16. The van der Waals surface area contributed by atoms with Crippen molar-refractivity contribution in [3.63, 3.8) is 0 Å². The number of hydrogen-bond donors (Lipinski definition) is 2. The van der Waals surface area contributed by atoms with Crippen LogP contribution in [0.1, 0.15) is 10.4 Å². The van der Waals surface area contributed by atoms with Crippen molar-refractivity contribution in [2.24, 2.45) is 0 Å². The summed E-state index contributed by atoms with van der Waals surface area (Å²) in [5.41, 5.74) is 2.87. The second kappa shape index (κ2) is 8.78. The first-order valence-corrected chi connectivity index (χ1v) is 9.72. The Morgan fingerprint density at radius 1 is 1.03 bits per heavy atom. The van der Waals surface area contributed by atoms with Crippen LogP contribution in [0.5, 0.6) is 5.75 Å². The Balaban J connectivity index is 1.44. The molecule has 4 aromatic rings. The number of benzene rings is 3. The van der Waals surface area contributed by atoms with Gasteiger partial charge in [0.25, 0.3) is 11.6 Å². The molecular formula is C21H16N6O4S. The van der Waals surface area contributed by atoms with Crippen LogP contribution in [0.3, 0.4) is 0 Å². The van der Waals surface area contributed by atoms with E-state index in [1.807, 2.05) is 24.3 Å². The molecule has 2 N–H and O–H groups in total. The Bertz CT molecular complexity index is 1320. The number of methoxy groups -OCH3 is 1. The summed E-state index contributed by atoms with van der Waals surface area (Å²) in [5, 5.41) is 25.2. The van der Waals surface area contributed by atoms with E-state index >= 15 is 0 Å². The molecule has 0 aliphatic rings. The first kappa shape index (κ1) is 20.9. The summed E-state index contributed by atoms with van der Waals surface area (Å²) >= 11 is 5.20. The third kappa shape index (κ3) is 4.52. The van der Waals surface area contributed by atoms with Crippen LogP contribution in [0.25, 0.3) is 16.7 Å². The lowest BCUT2D eigenvalue weighted by atomic mass is 10.2. The number of ether oxygens (including phenoxy) is 1. The van der Waals surface area contributed by atoms with Crippen molar-refractivity contribution in [2.75, 3.05) is 12.4 Å². The summed E-state index contributed by atoms with van der Waals surface area (Å²) in [5.74, 6) is 0.255. The monoisotopic (exact) mass is 448 g/mol. The number of nitro groups is 1. The zero-order chi connectivity index (χ0) is 22.7. The predicted octanol–water partition coefficient (Wildman–Crippen LogP) is 3.46. The Morgan fingerprint density at radius 3 is 2.38 bits per heavy atom. The maximum Gasteiger partial charge on any atom is 0.269 e. The summed E-state index contributed by atoms with van der Waals surface area (Å²) in [4.78, 5) is 24.0. The standard InChI is InChI=1S/C21H16N6O4S/c1-31-17-9-7-15(8-10-17)26-24-18-11-4-14(12-19(18)25-26)22-21(32)23-20(28)13-2-5-16(6-3-13)27(29)30/h2-12H,1H3,(H2,22,23,28,32). The number of fused-ring (bicyclic) bond motifs is 1. The van der Waals surface area contributed by atoms with Crippen molar-refractivity contribution in [2.45, 2.75) is 0 Å². The van der Waals surface area contributed by atoms with Crippen molar-refractivity contribution < 1.29 is 14.5 Å². The van der Waals surface area contributed by atoms with Crippen LogP contribution in [-0.4, -0.2) is 38.0 Å². The molecule has 4 rings (SSSR count). The van der Waals surface area contributed by atoms with Gasteiger partial charge in [-0.1, -0.05) is 0 Å². The number of anilines is 1. The molecule has 0 aliphatic heterocycles. The van der Waals surface area contributed by atoms with Crippen LogP contribution in [0.15, 0.2) is 66.7 Å². The van der Waals surface area contributed by atoms with E-state index in [0.29, 0.717) is 16.7 Å². The van der Waals surface area contributed by atoms with Gasteiger partial charge in [0, 0.05) is 23.4 Å². The lowest BCUT2D eigenvalue weighted by molar-refractivity contribution is -0.384. The number of hydrogen-bond acceptors (Lipinski definition) is 7. The summed E-state index contributed by atoms with van der Waals surface area (Å²) in [6.45, 7) is 0. The smallest absolute Gasteiger partial charge is 0.269 e. The molecular weight excluding hydrogens is 432 g/mol. The topological polar surface area (TPSA) is 124 Å². The van der Waals surface area contributed by atoms with E-state index in [-0.39, 0.29) is 16.4 Å². The number of nitro benzene ring substituents is 1. The van der Waals surface area contributed by atoms with Crippen LogP contribution >= 0.6 is 12.2 Å². The molecule has 0 spiro atoms. The number of amides is 1. The predicted molar refractivity (Wildman–Crippen MR) is 122 cm³/mol. The molecule has 3 aromatic carbocycles. The van der Waals surface area contributed by atoms with Gasteiger partial charge in [-0.15, -0.1) is 10.2 Å². The summed E-state index contributed by atoms with van der Waals surface area (Å²) in [7, 11) is 1.60. The molecule has 160 valence electrons. The molecule has 1 amide bonds. The van der Waals surface area contributed by atoms with Gasteiger partial charge in [0.15, 0.2) is 5.11 Å². The van der Waals surface area contributed by atoms with Crippen molar-refractivity contribution in [3.8, 4) is 11.4 Å². The molecule has 0 bridgehead atoms. The molecule has 32 heavy (non-hydrogen) atoms. The highest BCUT2D eigenvalue weighted by Crippen LogP contribution is 2.19. The van der Waals surface area contributed by atoms with E-state index in [1.165, 1.54) is 29.1 Å². The minimum atomic E-state index is -0.533. The van der Waals surface area contributed by atoms with Crippen LogP contribution in [-0.2, 0) is 0 Å². The van der Waals surface area contributed by atoms with Crippen LogP contribution in [0.2, 0.25) is 0 Å². The maximum atomic E-state index is 12.3. The van der Waals surface area contributed by atoms with Crippen LogP contribution < -0.4 is 15.4 Å². The minimum Gasteiger partial charge on any atom is -0.497 e. The molecule has 0 saturated carbocycles. The van der Waals surface area contributed by atoms with E-state index in [2.05, 4.69) is 20.8 Å². The second-order valence-corrected chi connectivity index (χ2v) is 7.01. The average molecular weight is 448 g/mol. The fraction of sp³-hybridized carbons (Fsp3) is 0.0476. The first-order valence-electron chi connectivity index (χ1n) is 9.31. The molecule has 0 fully saturated rings. The average Bonchev–Trinajstić information content (AvgIpc) is 3.22. The zero-order valence-corrected chi connectivity index (χ0v) is 17.5. The third-order valence-electron chi connectivity index (χ3n) is 4.51. The van der Waals surface area contributed by atoms with Gasteiger partial charge in [0.2, 0.25) is 0 Å². The number of thiocarbonyl (C=S) groups is 1. The van der Waals surface area contributed by atoms with Crippen molar-refractivity contribution in [3.05, 3.63) is 82.4 Å². The van der Waals surface area contributed by atoms with E-state index in [9.17, 15) is 14.9 Å². The van der Waals surface area contributed by atoms with Gasteiger partial charge >= 0.3 is 0 Å². The molecule has 0 atom stereocenters. The number of nitrogens with one attached hydrogen (secondary N) is 2. The SMILES string of the molecule is COc1ccc(-n2nc3ccc(NC(=S)NC(=O)c4ccc([N+](=O)[O-])cc4)cc3n2)cc1. The molecule has 1 heterocycles. The van der Waals surface area contributed by atoms with Gasteiger partial charge in [-0.2, -0.15) is 4.80 Å². The molecule has 0 saturated heterocycles. The minimum absolute atomic E-state index is 0.0789. The van der Waals surface area contributed by atoms with E-state index in [0.717, 1.165) is 11.4 Å². The number of nitrogens with zero attached hydrogens (tertiary/aromatic N) is 4. The second-order valence-electron chi connectivity index (χ2n) is 6.60. The highest BCUT2D eigenvalue weighted by molar-refractivity contribution is 7.80. The van der Waals surface area contributed by atoms with E-state index in [4.69, 9.17) is 17.0 Å². The lowest BCUT2D eigenvalue weighted by Gasteiger charge is -2.09. The van der Waals surface area contributed by atoms with Gasteiger partial charge < -0.3 is 10.1 Å².